The third kappa shape index (κ3) is 2.99. The number of nitrogens with zero attached hydrogens (tertiary/aromatic N) is 1. The zero-order valence-corrected chi connectivity index (χ0v) is 13.6. The Hall–Kier alpha value is -0.940. The first-order chi connectivity index (χ1) is 10.2. The fourth-order valence-corrected chi connectivity index (χ4v) is 4.58. The maximum absolute atomic E-state index is 12.7. The van der Waals surface area contributed by atoms with Gasteiger partial charge >= 0.3 is 0 Å². The molecule has 0 spiro atoms. The fourth-order valence-electron chi connectivity index (χ4n) is 3.80. The highest BCUT2D eigenvalue weighted by atomic mass is 32.1. The third-order valence-corrected chi connectivity index (χ3v) is 6.10. The van der Waals surface area contributed by atoms with Gasteiger partial charge in [-0.3, -0.25) is 4.79 Å². The number of carbonyl (C=O) groups excluding carboxylic acids is 1. The van der Waals surface area contributed by atoms with Crippen molar-refractivity contribution in [3.05, 3.63) is 16.1 Å². The summed E-state index contributed by atoms with van der Waals surface area (Å²) in [5.74, 6) is 0.806. The lowest BCUT2D eigenvalue weighted by atomic mass is 9.67. The summed E-state index contributed by atoms with van der Waals surface area (Å²) < 4.78 is 0. The average molecular weight is 307 g/mol. The highest BCUT2D eigenvalue weighted by molar-refractivity contribution is 7.09. The molecule has 1 saturated heterocycles. The number of aromatic nitrogens is 1. The van der Waals surface area contributed by atoms with Crippen molar-refractivity contribution < 1.29 is 4.79 Å². The minimum Gasteiger partial charge on any atom is -0.355 e. The SMILES string of the molecule is CCc1nc(CCNC(=O)[C@@]23CCCC[C@H]2CNC3)cs1. The molecule has 1 aromatic heterocycles. The highest BCUT2D eigenvalue weighted by Gasteiger charge is 2.49. The Balaban J connectivity index is 1.53. The van der Waals surface area contributed by atoms with E-state index in [9.17, 15) is 4.79 Å². The van der Waals surface area contributed by atoms with Crippen molar-refractivity contribution >= 4 is 17.2 Å². The van der Waals surface area contributed by atoms with Crippen LogP contribution in [0.2, 0.25) is 0 Å². The Bertz CT molecular complexity index is 501. The zero-order valence-electron chi connectivity index (χ0n) is 12.8. The van der Waals surface area contributed by atoms with E-state index >= 15 is 0 Å². The van der Waals surface area contributed by atoms with Crippen LogP contribution in [0.15, 0.2) is 5.38 Å². The summed E-state index contributed by atoms with van der Waals surface area (Å²) in [5.41, 5.74) is 0.980. The molecule has 5 heteroatoms. The van der Waals surface area contributed by atoms with Gasteiger partial charge in [-0.05, 0) is 31.7 Å². The van der Waals surface area contributed by atoms with Gasteiger partial charge in [0.2, 0.25) is 5.91 Å². The predicted molar refractivity (Wildman–Crippen MR) is 85.5 cm³/mol. The number of thiazole rings is 1. The number of hydrogen-bond donors (Lipinski definition) is 2. The van der Waals surface area contributed by atoms with Crippen LogP contribution in [0.3, 0.4) is 0 Å². The van der Waals surface area contributed by atoms with Gasteiger partial charge in [0.15, 0.2) is 0 Å². The molecular formula is C16H25N3OS. The van der Waals surface area contributed by atoms with Crippen molar-refractivity contribution in [1.29, 1.82) is 0 Å². The van der Waals surface area contributed by atoms with Gasteiger partial charge in [-0.25, -0.2) is 4.98 Å². The summed E-state index contributed by atoms with van der Waals surface area (Å²) in [5, 5.41) is 9.91. The first-order valence-corrected chi connectivity index (χ1v) is 9.05. The maximum Gasteiger partial charge on any atom is 0.227 e. The van der Waals surface area contributed by atoms with Gasteiger partial charge < -0.3 is 10.6 Å². The molecule has 1 aliphatic heterocycles. The van der Waals surface area contributed by atoms with Crippen LogP contribution in [0.1, 0.15) is 43.3 Å². The molecule has 0 radical (unpaired) electrons. The Morgan fingerprint density at radius 3 is 3.29 bits per heavy atom. The van der Waals surface area contributed by atoms with E-state index < -0.39 is 0 Å². The van der Waals surface area contributed by atoms with E-state index in [0.29, 0.717) is 12.5 Å². The standard InChI is InChI=1S/C16H25N3OS/c1-2-14-19-13(10-21-14)6-8-18-15(20)16-7-4-3-5-12(16)9-17-11-16/h10,12,17H,2-9,11H2,1H3,(H,18,20)/t12-,16+/m0/s1. The molecule has 1 amide bonds. The minimum absolute atomic E-state index is 0.130. The molecule has 116 valence electrons. The smallest absolute Gasteiger partial charge is 0.227 e. The van der Waals surface area contributed by atoms with E-state index in [2.05, 4.69) is 27.9 Å². The van der Waals surface area contributed by atoms with Crippen molar-refractivity contribution in [2.45, 2.75) is 45.4 Å². The molecule has 21 heavy (non-hydrogen) atoms. The summed E-state index contributed by atoms with van der Waals surface area (Å²) in [6.45, 7) is 4.71. The Morgan fingerprint density at radius 1 is 1.57 bits per heavy atom. The normalized spacial score (nSPS) is 28.3. The van der Waals surface area contributed by atoms with E-state index in [1.54, 1.807) is 11.3 Å². The van der Waals surface area contributed by atoms with Crippen molar-refractivity contribution in [2.75, 3.05) is 19.6 Å². The van der Waals surface area contributed by atoms with Gasteiger partial charge in [0, 0.05) is 24.9 Å². The Kier molecular flexibility index (Phi) is 4.60. The summed E-state index contributed by atoms with van der Waals surface area (Å²) >= 11 is 1.72. The number of carbonyl (C=O) groups is 1. The number of fused-ring (bicyclic) bond motifs is 1. The fraction of sp³-hybridized carbons (Fsp3) is 0.750. The van der Waals surface area contributed by atoms with E-state index in [4.69, 9.17) is 0 Å². The molecule has 1 aliphatic carbocycles. The van der Waals surface area contributed by atoms with Crippen LogP contribution in [0.5, 0.6) is 0 Å². The molecule has 2 aliphatic rings. The number of rotatable bonds is 5. The van der Waals surface area contributed by atoms with E-state index in [1.165, 1.54) is 24.3 Å². The van der Waals surface area contributed by atoms with Gasteiger partial charge in [0.05, 0.1) is 16.1 Å². The molecule has 2 atom stereocenters. The number of amides is 1. The van der Waals surface area contributed by atoms with Crippen molar-refractivity contribution in [3.63, 3.8) is 0 Å². The van der Waals surface area contributed by atoms with Crippen molar-refractivity contribution in [3.8, 4) is 0 Å². The minimum atomic E-state index is -0.130. The molecule has 2 heterocycles. The van der Waals surface area contributed by atoms with E-state index in [-0.39, 0.29) is 11.3 Å². The molecule has 2 N–H and O–H groups in total. The number of hydrogen-bond acceptors (Lipinski definition) is 4. The summed E-state index contributed by atoms with van der Waals surface area (Å²) in [7, 11) is 0. The average Bonchev–Trinajstić information content (AvgIpc) is 3.14. The lowest BCUT2D eigenvalue weighted by Crippen LogP contribution is -2.48. The first kappa shape index (κ1) is 15.0. The largest absolute Gasteiger partial charge is 0.355 e. The van der Waals surface area contributed by atoms with Crippen LogP contribution in [-0.4, -0.2) is 30.5 Å². The van der Waals surface area contributed by atoms with Crippen LogP contribution in [0.4, 0.5) is 0 Å². The third-order valence-electron chi connectivity index (χ3n) is 5.06. The van der Waals surface area contributed by atoms with Gasteiger partial charge in [-0.2, -0.15) is 0 Å². The lowest BCUT2D eigenvalue weighted by molar-refractivity contribution is -0.133. The molecule has 0 aromatic carbocycles. The summed E-state index contributed by atoms with van der Waals surface area (Å²) in [6, 6.07) is 0. The summed E-state index contributed by atoms with van der Waals surface area (Å²) in [6.07, 6.45) is 6.56. The predicted octanol–water partition coefficient (Wildman–Crippen LogP) is 2.14. The first-order valence-electron chi connectivity index (χ1n) is 8.17. The van der Waals surface area contributed by atoms with Crippen LogP contribution in [0, 0.1) is 11.3 Å². The molecule has 3 rings (SSSR count). The quantitative estimate of drug-likeness (QED) is 0.876. The van der Waals surface area contributed by atoms with E-state index in [1.807, 2.05) is 0 Å². The van der Waals surface area contributed by atoms with Crippen LogP contribution >= 0.6 is 11.3 Å². The maximum atomic E-state index is 12.7. The molecule has 1 saturated carbocycles. The lowest BCUT2D eigenvalue weighted by Gasteiger charge is -2.37. The Morgan fingerprint density at radius 2 is 2.48 bits per heavy atom. The number of aryl methyl sites for hydroxylation is 1. The molecule has 0 unspecified atom stereocenters. The summed E-state index contributed by atoms with van der Waals surface area (Å²) in [4.78, 5) is 17.2. The van der Waals surface area contributed by atoms with Gasteiger partial charge in [-0.1, -0.05) is 19.8 Å². The second-order valence-electron chi connectivity index (χ2n) is 6.32. The van der Waals surface area contributed by atoms with Crippen LogP contribution in [0.25, 0.3) is 0 Å². The molecule has 2 fully saturated rings. The second-order valence-corrected chi connectivity index (χ2v) is 7.26. The van der Waals surface area contributed by atoms with Gasteiger partial charge in [0.25, 0.3) is 0 Å². The van der Waals surface area contributed by atoms with Gasteiger partial charge in [0.1, 0.15) is 0 Å². The molecule has 1 aromatic rings. The van der Waals surface area contributed by atoms with Gasteiger partial charge in [-0.15, -0.1) is 11.3 Å². The second kappa shape index (κ2) is 6.44. The highest BCUT2D eigenvalue weighted by Crippen LogP contribution is 2.43. The van der Waals surface area contributed by atoms with Crippen molar-refractivity contribution in [1.82, 2.24) is 15.6 Å². The molecule has 4 nitrogen and oxygen atoms in total. The number of nitrogens with one attached hydrogen (secondary N) is 2. The molecular weight excluding hydrogens is 282 g/mol. The Labute approximate surface area is 130 Å². The van der Waals surface area contributed by atoms with Crippen LogP contribution in [-0.2, 0) is 17.6 Å². The van der Waals surface area contributed by atoms with Crippen LogP contribution < -0.4 is 10.6 Å². The topological polar surface area (TPSA) is 54.0 Å². The monoisotopic (exact) mass is 307 g/mol. The molecule has 0 bridgehead atoms. The van der Waals surface area contributed by atoms with E-state index in [0.717, 1.165) is 38.0 Å². The van der Waals surface area contributed by atoms with Crippen molar-refractivity contribution in [2.24, 2.45) is 11.3 Å². The zero-order chi connectivity index (χ0) is 14.7.